The number of carbonyl (C=O) groups is 1. The number of anilines is 5. The molecule has 0 spiro atoms. The van der Waals surface area contributed by atoms with Gasteiger partial charge in [-0.15, -0.1) is 0 Å². The highest BCUT2D eigenvalue weighted by Crippen LogP contribution is 2.29. The summed E-state index contributed by atoms with van der Waals surface area (Å²) in [6, 6.07) is 5.93. The smallest absolute Gasteiger partial charge is 0.238 e. The molecule has 0 saturated carbocycles. The van der Waals surface area contributed by atoms with Gasteiger partial charge in [-0.3, -0.25) is 14.7 Å². The van der Waals surface area contributed by atoms with Crippen molar-refractivity contribution < 1.29 is 9.53 Å². The number of amides is 1. The summed E-state index contributed by atoms with van der Waals surface area (Å²) in [5, 5.41) is 14.8. The van der Waals surface area contributed by atoms with Crippen molar-refractivity contribution in [3.8, 4) is 5.88 Å². The van der Waals surface area contributed by atoms with Crippen LogP contribution < -0.4 is 20.7 Å². The number of aromatic nitrogens is 6. The molecule has 5 heterocycles. The molecule has 1 amide bonds. The van der Waals surface area contributed by atoms with Gasteiger partial charge in [0.25, 0.3) is 0 Å². The standard InChI is InChI=1S/C25H30N10O2/c1-15-7-6-10-35(15)14-21(36)29-17-11-20(16(2)27-12-17)30-22-18-13-28-25(32-23(18)34(3)33-22)31-19-8-5-9-26-24(19)37-4/h5,8-9,11-13,15H,6-7,10,14H2,1-4H3,(H,29,36)(H,30,33)(H,28,31,32). The van der Waals surface area contributed by atoms with E-state index >= 15 is 0 Å². The fourth-order valence-corrected chi connectivity index (χ4v) is 4.43. The van der Waals surface area contributed by atoms with E-state index in [1.807, 2.05) is 26.1 Å². The van der Waals surface area contributed by atoms with Crippen LogP contribution in [-0.4, -0.2) is 66.8 Å². The van der Waals surface area contributed by atoms with E-state index in [0.29, 0.717) is 47.3 Å². The zero-order valence-electron chi connectivity index (χ0n) is 21.3. The molecule has 0 aliphatic carbocycles. The third-order valence-electron chi connectivity index (χ3n) is 6.45. The lowest BCUT2D eigenvalue weighted by Gasteiger charge is -2.20. The normalized spacial score (nSPS) is 15.6. The van der Waals surface area contributed by atoms with Crippen molar-refractivity contribution in [3.05, 3.63) is 42.5 Å². The van der Waals surface area contributed by atoms with Gasteiger partial charge in [0.05, 0.1) is 42.3 Å². The number of ether oxygens (including phenoxy) is 1. The van der Waals surface area contributed by atoms with E-state index in [0.717, 1.165) is 36.2 Å². The Balaban J connectivity index is 1.34. The molecule has 37 heavy (non-hydrogen) atoms. The maximum absolute atomic E-state index is 12.6. The Morgan fingerprint density at radius 2 is 2.05 bits per heavy atom. The Bertz CT molecular complexity index is 1440. The Morgan fingerprint density at radius 1 is 1.19 bits per heavy atom. The SMILES string of the molecule is COc1ncccc1Nc1ncc2c(Nc3cc(NC(=O)CN4CCCC4C)cnc3C)nn(C)c2n1. The first-order chi connectivity index (χ1) is 17.9. The quantitative estimate of drug-likeness (QED) is 0.329. The number of rotatable bonds is 8. The molecule has 12 nitrogen and oxygen atoms in total. The molecule has 1 unspecified atom stereocenters. The van der Waals surface area contributed by atoms with Crippen molar-refractivity contribution >= 4 is 45.8 Å². The lowest BCUT2D eigenvalue weighted by Crippen LogP contribution is -2.35. The zero-order chi connectivity index (χ0) is 25.9. The fraction of sp³-hybridized carbons (Fsp3) is 0.360. The Labute approximate surface area is 214 Å². The van der Waals surface area contributed by atoms with E-state index in [1.165, 1.54) is 0 Å². The molecule has 4 aromatic rings. The summed E-state index contributed by atoms with van der Waals surface area (Å²) in [4.78, 5) is 32.5. The van der Waals surface area contributed by atoms with E-state index in [2.05, 4.69) is 52.8 Å². The van der Waals surface area contributed by atoms with E-state index < -0.39 is 0 Å². The number of aryl methyl sites for hydroxylation is 2. The molecule has 1 aliphatic rings. The van der Waals surface area contributed by atoms with Crippen LogP contribution >= 0.6 is 0 Å². The number of carbonyl (C=O) groups excluding carboxylic acids is 1. The summed E-state index contributed by atoms with van der Waals surface area (Å²) in [6.07, 6.45) is 7.28. The fourth-order valence-electron chi connectivity index (χ4n) is 4.43. The lowest BCUT2D eigenvalue weighted by molar-refractivity contribution is -0.117. The van der Waals surface area contributed by atoms with Crippen LogP contribution in [0.15, 0.2) is 36.8 Å². The van der Waals surface area contributed by atoms with Gasteiger partial charge in [0.1, 0.15) is 5.69 Å². The molecule has 0 aromatic carbocycles. The first-order valence-corrected chi connectivity index (χ1v) is 12.1. The highest BCUT2D eigenvalue weighted by Gasteiger charge is 2.22. The molecule has 1 aliphatic heterocycles. The van der Waals surface area contributed by atoms with E-state index in [-0.39, 0.29) is 5.91 Å². The van der Waals surface area contributed by atoms with Crippen LogP contribution in [0.3, 0.4) is 0 Å². The number of likely N-dealkylation sites (tertiary alicyclic amines) is 1. The number of nitrogens with one attached hydrogen (secondary N) is 3. The Kier molecular flexibility index (Phi) is 6.82. The lowest BCUT2D eigenvalue weighted by atomic mass is 10.2. The van der Waals surface area contributed by atoms with Gasteiger partial charge in [-0.2, -0.15) is 10.1 Å². The van der Waals surface area contributed by atoms with Gasteiger partial charge in [0.2, 0.25) is 17.7 Å². The molecule has 0 radical (unpaired) electrons. The van der Waals surface area contributed by atoms with Crippen molar-refractivity contribution in [1.29, 1.82) is 0 Å². The van der Waals surface area contributed by atoms with E-state index in [4.69, 9.17) is 4.74 Å². The second kappa shape index (κ2) is 10.3. The van der Waals surface area contributed by atoms with E-state index in [1.54, 1.807) is 36.4 Å². The summed E-state index contributed by atoms with van der Waals surface area (Å²) in [7, 11) is 3.37. The maximum atomic E-state index is 12.6. The first kappa shape index (κ1) is 24.4. The molecule has 12 heteroatoms. The van der Waals surface area contributed by atoms with Crippen LogP contribution in [0.25, 0.3) is 11.0 Å². The van der Waals surface area contributed by atoms with Crippen LogP contribution in [0.4, 0.5) is 28.8 Å². The van der Waals surface area contributed by atoms with Gasteiger partial charge in [-0.25, -0.2) is 14.6 Å². The van der Waals surface area contributed by atoms with Crippen molar-refractivity contribution in [3.63, 3.8) is 0 Å². The molecular formula is C25H30N10O2. The molecule has 3 N–H and O–H groups in total. The van der Waals surface area contributed by atoms with Crippen LogP contribution in [-0.2, 0) is 11.8 Å². The zero-order valence-corrected chi connectivity index (χ0v) is 21.3. The molecule has 1 atom stereocenters. The minimum atomic E-state index is -0.0488. The van der Waals surface area contributed by atoms with E-state index in [9.17, 15) is 4.79 Å². The minimum absolute atomic E-state index is 0.0488. The topological polar surface area (TPSA) is 135 Å². The van der Waals surface area contributed by atoms with Gasteiger partial charge in [0, 0.05) is 25.5 Å². The average Bonchev–Trinajstić information content (AvgIpc) is 3.43. The van der Waals surface area contributed by atoms with Crippen molar-refractivity contribution in [2.75, 3.05) is 36.1 Å². The third kappa shape index (κ3) is 5.28. The van der Waals surface area contributed by atoms with Crippen LogP contribution in [0.2, 0.25) is 0 Å². The van der Waals surface area contributed by atoms with Gasteiger partial charge < -0.3 is 20.7 Å². The number of methoxy groups -OCH3 is 1. The second-order valence-electron chi connectivity index (χ2n) is 9.08. The largest absolute Gasteiger partial charge is 0.480 e. The number of pyridine rings is 2. The van der Waals surface area contributed by atoms with Gasteiger partial charge in [0.15, 0.2) is 11.5 Å². The summed E-state index contributed by atoms with van der Waals surface area (Å²) in [5.41, 5.74) is 3.42. The average molecular weight is 503 g/mol. The van der Waals surface area contributed by atoms with Crippen molar-refractivity contribution in [2.45, 2.75) is 32.7 Å². The number of fused-ring (bicyclic) bond motifs is 1. The second-order valence-corrected chi connectivity index (χ2v) is 9.08. The van der Waals surface area contributed by atoms with Crippen LogP contribution in [0.5, 0.6) is 5.88 Å². The summed E-state index contributed by atoms with van der Waals surface area (Å²) in [6.45, 7) is 5.38. The highest BCUT2D eigenvalue weighted by atomic mass is 16.5. The Hall–Kier alpha value is -4.32. The van der Waals surface area contributed by atoms with Gasteiger partial charge in [-0.05, 0) is 51.4 Å². The van der Waals surface area contributed by atoms with Crippen LogP contribution in [0, 0.1) is 6.92 Å². The molecule has 0 bridgehead atoms. The van der Waals surface area contributed by atoms with Gasteiger partial charge in [-0.1, -0.05) is 0 Å². The first-order valence-electron chi connectivity index (χ1n) is 12.1. The monoisotopic (exact) mass is 502 g/mol. The number of hydrogen-bond acceptors (Lipinski definition) is 10. The van der Waals surface area contributed by atoms with Crippen molar-refractivity contribution in [1.82, 2.24) is 34.6 Å². The number of hydrogen-bond donors (Lipinski definition) is 3. The summed E-state index contributed by atoms with van der Waals surface area (Å²) >= 11 is 0. The molecular weight excluding hydrogens is 472 g/mol. The molecule has 1 saturated heterocycles. The highest BCUT2D eigenvalue weighted by molar-refractivity contribution is 5.93. The number of nitrogens with zero attached hydrogens (tertiary/aromatic N) is 7. The summed E-state index contributed by atoms with van der Waals surface area (Å²) < 4.78 is 6.97. The molecule has 192 valence electrons. The minimum Gasteiger partial charge on any atom is -0.480 e. The van der Waals surface area contributed by atoms with Gasteiger partial charge >= 0.3 is 0 Å². The van der Waals surface area contributed by atoms with Crippen LogP contribution in [0.1, 0.15) is 25.5 Å². The Morgan fingerprint density at radius 3 is 2.84 bits per heavy atom. The predicted molar refractivity (Wildman–Crippen MR) is 142 cm³/mol. The summed E-state index contributed by atoms with van der Waals surface area (Å²) in [5.74, 6) is 1.38. The molecule has 5 rings (SSSR count). The van der Waals surface area contributed by atoms with Crippen molar-refractivity contribution in [2.24, 2.45) is 7.05 Å². The predicted octanol–water partition coefficient (Wildman–Crippen LogP) is 3.38. The third-order valence-corrected chi connectivity index (χ3v) is 6.45. The maximum Gasteiger partial charge on any atom is 0.238 e. The molecule has 1 fully saturated rings. The molecule has 4 aromatic heterocycles.